The third kappa shape index (κ3) is 3.35. The predicted octanol–water partition coefficient (Wildman–Crippen LogP) is 3.47. The molecule has 3 heteroatoms. The lowest BCUT2D eigenvalue weighted by Crippen LogP contribution is -2.30. The average molecular weight is 234 g/mol. The second-order valence-electron chi connectivity index (χ2n) is 5.65. The van der Waals surface area contributed by atoms with Gasteiger partial charge in [-0.05, 0) is 37.2 Å². The molecule has 0 atom stereocenters. The van der Waals surface area contributed by atoms with E-state index in [9.17, 15) is 0 Å². The van der Waals surface area contributed by atoms with E-state index in [1.807, 2.05) is 18.2 Å². The molecule has 17 heavy (non-hydrogen) atoms. The van der Waals surface area contributed by atoms with Crippen molar-refractivity contribution in [2.24, 2.45) is 5.41 Å². The SMILES string of the molecule is COc1cccc(NC2CCC(C)(C)CC2)n1. The van der Waals surface area contributed by atoms with Gasteiger partial charge in [0.05, 0.1) is 7.11 Å². The molecule has 1 N–H and O–H groups in total. The summed E-state index contributed by atoms with van der Waals surface area (Å²) < 4.78 is 5.13. The molecule has 0 radical (unpaired) electrons. The summed E-state index contributed by atoms with van der Waals surface area (Å²) in [6.07, 6.45) is 5.03. The van der Waals surface area contributed by atoms with Crippen LogP contribution in [0.2, 0.25) is 0 Å². The molecular weight excluding hydrogens is 212 g/mol. The van der Waals surface area contributed by atoms with Gasteiger partial charge < -0.3 is 10.1 Å². The Hall–Kier alpha value is -1.25. The van der Waals surface area contributed by atoms with Gasteiger partial charge in [0.25, 0.3) is 0 Å². The molecule has 3 nitrogen and oxygen atoms in total. The number of ether oxygens (including phenoxy) is 1. The Kier molecular flexibility index (Phi) is 3.55. The highest BCUT2D eigenvalue weighted by molar-refractivity contribution is 5.38. The van der Waals surface area contributed by atoms with Crippen molar-refractivity contribution in [3.63, 3.8) is 0 Å². The smallest absolute Gasteiger partial charge is 0.214 e. The first-order chi connectivity index (χ1) is 8.09. The van der Waals surface area contributed by atoms with Gasteiger partial charge in [0.15, 0.2) is 0 Å². The highest BCUT2D eigenvalue weighted by Gasteiger charge is 2.26. The van der Waals surface area contributed by atoms with Crippen molar-refractivity contribution in [1.29, 1.82) is 0 Å². The second kappa shape index (κ2) is 4.94. The van der Waals surface area contributed by atoms with Crippen LogP contribution in [0.25, 0.3) is 0 Å². The largest absolute Gasteiger partial charge is 0.481 e. The lowest BCUT2D eigenvalue weighted by atomic mass is 9.75. The number of methoxy groups -OCH3 is 1. The maximum atomic E-state index is 5.13. The summed E-state index contributed by atoms with van der Waals surface area (Å²) in [5, 5.41) is 3.50. The van der Waals surface area contributed by atoms with Crippen LogP contribution in [-0.4, -0.2) is 18.1 Å². The van der Waals surface area contributed by atoms with Gasteiger partial charge in [0.2, 0.25) is 5.88 Å². The topological polar surface area (TPSA) is 34.1 Å². The van der Waals surface area contributed by atoms with Crippen LogP contribution in [0.5, 0.6) is 5.88 Å². The summed E-state index contributed by atoms with van der Waals surface area (Å²) in [5.41, 5.74) is 0.514. The minimum atomic E-state index is 0.514. The van der Waals surface area contributed by atoms with Gasteiger partial charge in [-0.3, -0.25) is 0 Å². The van der Waals surface area contributed by atoms with Crippen molar-refractivity contribution in [2.75, 3.05) is 12.4 Å². The van der Waals surface area contributed by atoms with E-state index in [1.54, 1.807) is 7.11 Å². The highest BCUT2D eigenvalue weighted by atomic mass is 16.5. The third-order valence-electron chi connectivity index (χ3n) is 3.62. The number of rotatable bonds is 3. The van der Waals surface area contributed by atoms with E-state index in [1.165, 1.54) is 25.7 Å². The van der Waals surface area contributed by atoms with Crippen LogP contribution in [0.4, 0.5) is 5.82 Å². The Morgan fingerprint density at radius 2 is 2.00 bits per heavy atom. The van der Waals surface area contributed by atoms with Crippen molar-refractivity contribution in [3.05, 3.63) is 18.2 Å². The second-order valence-corrected chi connectivity index (χ2v) is 5.65. The fraction of sp³-hybridized carbons (Fsp3) is 0.643. The lowest BCUT2D eigenvalue weighted by molar-refractivity contribution is 0.232. The lowest BCUT2D eigenvalue weighted by Gasteiger charge is -2.34. The summed E-state index contributed by atoms with van der Waals surface area (Å²) in [4.78, 5) is 4.39. The van der Waals surface area contributed by atoms with E-state index in [2.05, 4.69) is 24.1 Å². The van der Waals surface area contributed by atoms with E-state index in [0.717, 1.165) is 5.82 Å². The van der Waals surface area contributed by atoms with Gasteiger partial charge in [0.1, 0.15) is 5.82 Å². The van der Waals surface area contributed by atoms with E-state index in [4.69, 9.17) is 4.74 Å². The Balaban J connectivity index is 1.93. The predicted molar refractivity (Wildman–Crippen MR) is 70.4 cm³/mol. The van der Waals surface area contributed by atoms with Crippen molar-refractivity contribution in [2.45, 2.75) is 45.6 Å². The van der Waals surface area contributed by atoms with Crippen LogP contribution in [0.1, 0.15) is 39.5 Å². The first kappa shape index (κ1) is 12.2. The average Bonchev–Trinajstić information content (AvgIpc) is 2.32. The van der Waals surface area contributed by atoms with Crippen molar-refractivity contribution < 1.29 is 4.74 Å². The molecule has 94 valence electrons. The molecule has 0 amide bonds. The summed E-state index contributed by atoms with van der Waals surface area (Å²) >= 11 is 0. The zero-order chi connectivity index (χ0) is 12.3. The quantitative estimate of drug-likeness (QED) is 0.869. The molecule has 0 unspecified atom stereocenters. The van der Waals surface area contributed by atoms with Crippen molar-refractivity contribution in [1.82, 2.24) is 4.98 Å². The fourth-order valence-corrected chi connectivity index (χ4v) is 2.36. The van der Waals surface area contributed by atoms with E-state index in [-0.39, 0.29) is 0 Å². The number of pyridine rings is 1. The molecule has 0 saturated heterocycles. The number of hydrogen-bond acceptors (Lipinski definition) is 3. The summed E-state index contributed by atoms with van der Waals surface area (Å²) in [6, 6.07) is 6.40. The monoisotopic (exact) mass is 234 g/mol. The number of nitrogens with one attached hydrogen (secondary N) is 1. The van der Waals surface area contributed by atoms with Crippen LogP contribution < -0.4 is 10.1 Å². The maximum absolute atomic E-state index is 5.13. The zero-order valence-electron chi connectivity index (χ0n) is 11.0. The molecule has 0 aliphatic heterocycles. The molecule has 1 saturated carbocycles. The maximum Gasteiger partial charge on any atom is 0.214 e. The van der Waals surface area contributed by atoms with E-state index in [0.29, 0.717) is 17.3 Å². The molecule has 1 aliphatic rings. The van der Waals surface area contributed by atoms with Crippen molar-refractivity contribution >= 4 is 5.82 Å². The minimum Gasteiger partial charge on any atom is -0.481 e. The molecule has 1 aliphatic carbocycles. The molecule has 1 aromatic heterocycles. The third-order valence-corrected chi connectivity index (χ3v) is 3.62. The minimum absolute atomic E-state index is 0.514. The van der Waals surface area contributed by atoms with E-state index < -0.39 is 0 Å². The molecule has 2 rings (SSSR count). The number of nitrogens with zero attached hydrogens (tertiary/aromatic N) is 1. The van der Waals surface area contributed by atoms with Crippen LogP contribution in [0.3, 0.4) is 0 Å². The van der Waals surface area contributed by atoms with Crippen LogP contribution in [0.15, 0.2) is 18.2 Å². The van der Waals surface area contributed by atoms with E-state index >= 15 is 0 Å². The highest BCUT2D eigenvalue weighted by Crippen LogP contribution is 2.35. The standard InChI is InChI=1S/C14H22N2O/c1-14(2)9-7-11(8-10-14)15-12-5-4-6-13(16-12)17-3/h4-6,11H,7-10H2,1-3H3,(H,15,16). The number of hydrogen-bond donors (Lipinski definition) is 1. The summed E-state index contributed by atoms with van der Waals surface area (Å²) in [7, 11) is 1.65. The molecular formula is C14H22N2O. The molecule has 1 heterocycles. The number of anilines is 1. The summed E-state index contributed by atoms with van der Waals surface area (Å²) in [6.45, 7) is 4.71. The number of aromatic nitrogens is 1. The molecule has 1 fully saturated rings. The van der Waals surface area contributed by atoms with Gasteiger partial charge in [0, 0.05) is 12.1 Å². The Morgan fingerprint density at radius 1 is 1.29 bits per heavy atom. The van der Waals surface area contributed by atoms with Gasteiger partial charge in [-0.2, -0.15) is 4.98 Å². The Morgan fingerprint density at radius 3 is 2.65 bits per heavy atom. The van der Waals surface area contributed by atoms with Gasteiger partial charge in [-0.1, -0.05) is 19.9 Å². The Labute approximate surface area is 104 Å². The Bertz CT molecular complexity index is 366. The zero-order valence-corrected chi connectivity index (χ0v) is 11.0. The molecule has 0 aromatic carbocycles. The van der Waals surface area contributed by atoms with Gasteiger partial charge in [-0.15, -0.1) is 0 Å². The van der Waals surface area contributed by atoms with Crippen molar-refractivity contribution in [3.8, 4) is 5.88 Å². The van der Waals surface area contributed by atoms with Crippen LogP contribution in [-0.2, 0) is 0 Å². The first-order valence-electron chi connectivity index (χ1n) is 6.37. The fourth-order valence-electron chi connectivity index (χ4n) is 2.36. The molecule has 0 bridgehead atoms. The normalized spacial score (nSPS) is 19.9. The van der Waals surface area contributed by atoms with Crippen LogP contribution >= 0.6 is 0 Å². The first-order valence-corrected chi connectivity index (χ1v) is 6.37. The van der Waals surface area contributed by atoms with Crippen LogP contribution in [0, 0.1) is 5.41 Å². The van der Waals surface area contributed by atoms with Gasteiger partial charge in [-0.25, -0.2) is 0 Å². The summed E-state index contributed by atoms with van der Waals surface area (Å²) in [5.74, 6) is 1.60. The molecule has 1 aromatic rings. The molecule has 0 spiro atoms. The van der Waals surface area contributed by atoms with Gasteiger partial charge >= 0.3 is 0 Å².